The van der Waals surface area contributed by atoms with Gasteiger partial charge >= 0.3 is 13.5 Å². The molecule has 0 amide bonds. The van der Waals surface area contributed by atoms with Crippen LogP contribution in [-0.2, 0) is 9.31 Å². The average Bonchev–Trinajstić information content (AvgIpc) is 2.67. The predicted molar refractivity (Wildman–Crippen MR) is 91.1 cm³/mol. The molecule has 0 saturated carbocycles. The minimum absolute atomic E-state index is 0.111. The number of ether oxygens (including phenoxy) is 1. The standard InChI is InChI=1S/C17H22BF4NO3/c1-15(2)16(3,4)26-18(25-15)12(10-23-5)8-11-6-7-13(9-14(11)19)24-17(20,21)22/h6-9,23H,10H2,1-5H3. The number of benzene rings is 1. The second-order valence-electron chi connectivity index (χ2n) is 7.07. The quantitative estimate of drug-likeness (QED) is 0.625. The Morgan fingerprint density at radius 1 is 1.19 bits per heavy atom. The Kier molecular flexibility index (Phi) is 5.75. The molecular formula is C17H22BF4NO3. The third kappa shape index (κ3) is 4.78. The highest BCUT2D eigenvalue weighted by atomic mass is 19.4. The van der Waals surface area contributed by atoms with Gasteiger partial charge < -0.3 is 19.4 Å². The van der Waals surface area contributed by atoms with Crippen LogP contribution in [0.2, 0.25) is 0 Å². The molecule has 2 rings (SSSR count). The summed E-state index contributed by atoms with van der Waals surface area (Å²) in [6.07, 6.45) is -3.37. The monoisotopic (exact) mass is 375 g/mol. The lowest BCUT2D eigenvalue weighted by atomic mass is 9.77. The molecule has 1 aliphatic heterocycles. The van der Waals surface area contributed by atoms with E-state index >= 15 is 0 Å². The van der Waals surface area contributed by atoms with E-state index in [1.807, 2.05) is 27.7 Å². The van der Waals surface area contributed by atoms with Gasteiger partial charge in [0.2, 0.25) is 0 Å². The molecule has 26 heavy (non-hydrogen) atoms. The Balaban J connectivity index is 2.29. The van der Waals surface area contributed by atoms with Crippen LogP contribution in [0.3, 0.4) is 0 Å². The summed E-state index contributed by atoms with van der Waals surface area (Å²) in [6.45, 7) is 7.94. The van der Waals surface area contributed by atoms with Gasteiger partial charge in [-0.25, -0.2) is 4.39 Å². The molecule has 0 radical (unpaired) electrons. The van der Waals surface area contributed by atoms with Crippen LogP contribution in [-0.4, -0.2) is 38.3 Å². The van der Waals surface area contributed by atoms with Crippen LogP contribution in [0, 0.1) is 5.82 Å². The molecule has 9 heteroatoms. The summed E-state index contributed by atoms with van der Waals surface area (Å²) in [6, 6.07) is 2.97. The molecule has 1 saturated heterocycles. The van der Waals surface area contributed by atoms with Crippen LogP contribution in [0.1, 0.15) is 33.3 Å². The van der Waals surface area contributed by atoms with Crippen LogP contribution < -0.4 is 10.1 Å². The van der Waals surface area contributed by atoms with Gasteiger partial charge in [0.15, 0.2) is 0 Å². The van der Waals surface area contributed by atoms with Crippen LogP contribution >= 0.6 is 0 Å². The molecule has 1 aliphatic rings. The van der Waals surface area contributed by atoms with E-state index in [2.05, 4.69) is 10.1 Å². The number of likely N-dealkylation sites (N-methyl/N-ethyl adjacent to an activating group) is 1. The normalized spacial score (nSPS) is 19.7. The summed E-state index contributed by atoms with van der Waals surface area (Å²) in [5.74, 6) is -1.45. The first-order valence-electron chi connectivity index (χ1n) is 8.10. The lowest BCUT2D eigenvalue weighted by Crippen LogP contribution is -2.41. The van der Waals surface area contributed by atoms with Crippen molar-refractivity contribution in [2.45, 2.75) is 45.3 Å². The third-order valence-electron chi connectivity index (χ3n) is 4.48. The second-order valence-corrected chi connectivity index (χ2v) is 7.07. The van der Waals surface area contributed by atoms with Crippen molar-refractivity contribution in [2.24, 2.45) is 0 Å². The van der Waals surface area contributed by atoms with Crippen LogP contribution in [0.15, 0.2) is 23.7 Å². The van der Waals surface area contributed by atoms with Crippen molar-refractivity contribution < 1.29 is 31.6 Å². The molecular weight excluding hydrogens is 353 g/mol. The van der Waals surface area contributed by atoms with Crippen molar-refractivity contribution in [3.05, 3.63) is 35.1 Å². The minimum atomic E-state index is -4.87. The van der Waals surface area contributed by atoms with E-state index in [4.69, 9.17) is 9.31 Å². The minimum Gasteiger partial charge on any atom is -0.406 e. The molecule has 1 fully saturated rings. The largest absolute Gasteiger partial charge is 0.573 e. The smallest absolute Gasteiger partial charge is 0.406 e. The SMILES string of the molecule is CNCC(=Cc1ccc(OC(F)(F)F)cc1F)B1OC(C)(C)C(C)(C)O1. The van der Waals surface area contributed by atoms with Crippen molar-refractivity contribution in [3.63, 3.8) is 0 Å². The molecule has 0 bridgehead atoms. The van der Waals surface area contributed by atoms with Gasteiger partial charge in [0.1, 0.15) is 11.6 Å². The summed E-state index contributed by atoms with van der Waals surface area (Å²) in [4.78, 5) is 0. The topological polar surface area (TPSA) is 39.7 Å². The van der Waals surface area contributed by atoms with Crippen molar-refractivity contribution >= 4 is 13.2 Å². The van der Waals surface area contributed by atoms with Crippen LogP contribution in [0.5, 0.6) is 5.75 Å². The Bertz CT molecular complexity index is 673. The van der Waals surface area contributed by atoms with Crippen LogP contribution in [0.25, 0.3) is 6.08 Å². The van der Waals surface area contributed by atoms with E-state index in [1.54, 1.807) is 7.05 Å². The zero-order valence-electron chi connectivity index (χ0n) is 15.3. The molecule has 1 heterocycles. The molecule has 144 valence electrons. The highest BCUT2D eigenvalue weighted by molar-refractivity contribution is 6.55. The average molecular weight is 375 g/mol. The molecule has 0 aliphatic carbocycles. The van der Waals surface area contributed by atoms with Gasteiger partial charge in [-0.05, 0) is 52.3 Å². The first-order valence-corrected chi connectivity index (χ1v) is 8.10. The fraction of sp³-hybridized carbons (Fsp3) is 0.529. The number of hydrogen-bond acceptors (Lipinski definition) is 4. The predicted octanol–water partition coefficient (Wildman–Crippen LogP) is 3.96. The molecule has 0 aromatic heterocycles. The van der Waals surface area contributed by atoms with Gasteiger partial charge in [-0.3, -0.25) is 0 Å². The molecule has 1 N–H and O–H groups in total. The summed E-state index contributed by atoms with van der Waals surface area (Å²) in [5, 5.41) is 2.96. The van der Waals surface area contributed by atoms with E-state index in [-0.39, 0.29) is 5.56 Å². The maximum atomic E-state index is 14.2. The maximum Gasteiger partial charge on any atom is 0.573 e. The Morgan fingerprint density at radius 3 is 2.23 bits per heavy atom. The van der Waals surface area contributed by atoms with Crippen molar-refractivity contribution in [1.29, 1.82) is 0 Å². The van der Waals surface area contributed by atoms with Crippen molar-refractivity contribution in [3.8, 4) is 5.75 Å². The van der Waals surface area contributed by atoms with Gasteiger partial charge in [-0.2, -0.15) is 0 Å². The van der Waals surface area contributed by atoms with E-state index in [0.717, 1.165) is 6.07 Å². The van der Waals surface area contributed by atoms with Gasteiger partial charge in [-0.15, -0.1) is 13.2 Å². The van der Waals surface area contributed by atoms with Gasteiger partial charge in [0.05, 0.1) is 11.2 Å². The zero-order valence-corrected chi connectivity index (χ0v) is 15.3. The van der Waals surface area contributed by atoms with Gasteiger partial charge in [-0.1, -0.05) is 6.08 Å². The highest BCUT2D eigenvalue weighted by Gasteiger charge is 2.52. The Labute approximate surface area is 150 Å². The van der Waals surface area contributed by atoms with Crippen molar-refractivity contribution in [1.82, 2.24) is 5.32 Å². The molecule has 4 nitrogen and oxygen atoms in total. The molecule has 0 unspecified atom stereocenters. The van der Waals surface area contributed by atoms with E-state index in [0.29, 0.717) is 18.1 Å². The highest BCUT2D eigenvalue weighted by Crippen LogP contribution is 2.39. The third-order valence-corrected chi connectivity index (χ3v) is 4.48. The summed E-state index contributed by atoms with van der Waals surface area (Å²) in [7, 11) is 1.02. The molecule has 0 spiro atoms. The maximum absolute atomic E-state index is 14.2. The van der Waals surface area contributed by atoms with E-state index in [1.165, 1.54) is 12.1 Å². The van der Waals surface area contributed by atoms with Gasteiger partial charge in [0.25, 0.3) is 0 Å². The molecule has 1 aromatic carbocycles. The number of alkyl halides is 3. The van der Waals surface area contributed by atoms with Crippen molar-refractivity contribution in [2.75, 3.05) is 13.6 Å². The lowest BCUT2D eigenvalue weighted by Gasteiger charge is -2.32. The Hall–Kier alpha value is -1.58. The fourth-order valence-corrected chi connectivity index (χ4v) is 2.42. The Morgan fingerprint density at radius 2 is 1.77 bits per heavy atom. The first kappa shape index (κ1) is 20.7. The number of rotatable bonds is 5. The van der Waals surface area contributed by atoms with Gasteiger partial charge in [0, 0.05) is 18.2 Å². The number of halogens is 4. The van der Waals surface area contributed by atoms with Crippen LogP contribution in [0.4, 0.5) is 17.6 Å². The molecule has 1 aromatic rings. The summed E-state index contributed by atoms with van der Waals surface area (Å²) < 4.78 is 66.6. The fourth-order valence-electron chi connectivity index (χ4n) is 2.42. The summed E-state index contributed by atoms with van der Waals surface area (Å²) >= 11 is 0. The lowest BCUT2D eigenvalue weighted by molar-refractivity contribution is -0.274. The number of hydrogen-bond donors (Lipinski definition) is 1. The first-order chi connectivity index (χ1) is 11.8. The second kappa shape index (κ2) is 7.21. The number of nitrogens with one attached hydrogen (secondary N) is 1. The summed E-state index contributed by atoms with van der Waals surface area (Å²) in [5.41, 5.74) is -0.394. The van der Waals surface area contributed by atoms with E-state index in [9.17, 15) is 17.6 Å². The van der Waals surface area contributed by atoms with E-state index < -0.39 is 36.2 Å². The molecule has 0 atom stereocenters. The zero-order chi connectivity index (χ0) is 19.8.